The van der Waals surface area contributed by atoms with Crippen molar-refractivity contribution >= 4 is 23.8 Å². The smallest absolute Gasteiger partial charge is 0.324 e. The third-order valence-electron chi connectivity index (χ3n) is 4.63. The van der Waals surface area contributed by atoms with Crippen molar-refractivity contribution in [3.8, 4) is 11.8 Å². The molecule has 0 spiro atoms. The number of nitrogens with zero attached hydrogens (tertiary/aromatic N) is 3. The Bertz CT molecular complexity index is 757. The van der Waals surface area contributed by atoms with Crippen LogP contribution in [0.15, 0.2) is 29.4 Å². The van der Waals surface area contributed by atoms with Crippen LogP contribution in [0.25, 0.3) is 0 Å². The summed E-state index contributed by atoms with van der Waals surface area (Å²) in [5.41, 5.74) is 0.819. The van der Waals surface area contributed by atoms with E-state index in [1.54, 1.807) is 28.1 Å². The first kappa shape index (κ1) is 16.2. The standard InChI is InChI=1S/C18H18ClN3O3/c19-15-3-1-2-13(10-15)4-5-16-12-24-9-8-21(16)18(23)22-7-6-14-11-20-25-17(14)22/h1-3,10-11,14,16-17H,6-9,12H2. The number of benzene rings is 1. The van der Waals surface area contributed by atoms with Crippen LogP contribution in [0, 0.1) is 17.8 Å². The van der Waals surface area contributed by atoms with Crippen molar-refractivity contribution in [3.63, 3.8) is 0 Å². The van der Waals surface area contributed by atoms with Gasteiger partial charge in [0.15, 0.2) is 0 Å². The van der Waals surface area contributed by atoms with Crippen molar-refractivity contribution in [2.75, 3.05) is 26.3 Å². The Labute approximate surface area is 151 Å². The molecule has 3 atom stereocenters. The van der Waals surface area contributed by atoms with Gasteiger partial charge in [0.1, 0.15) is 6.04 Å². The highest BCUT2D eigenvalue weighted by atomic mass is 35.5. The van der Waals surface area contributed by atoms with Crippen LogP contribution in [-0.2, 0) is 9.57 Å². The molecule has 3 unspecified atom stereocenters. The van der Waals surface area contributed by atoms with Gasteiger partial charge in [0.25, 0.3) is 0 Å². The fourth-order valence-corrected chi connectivity index (χ4v) is 3.49. The number of urea groups is 1. The fourth-order valence-electron chi connectivity index (χ4n) is 3.30. The van der Waals surface area contributed by atoms with Gasteiger partial charge in [-0.2, -0.15) is 0 Å². The Morgan fingerprint density at radius 2 is 2.24 bits per heavy atom. The molecule has 0 saturated carbocycles. The molecule has 0 aromatic heterocycles. The number of rotatable bonds is 0. The molecule has 4 rings (SSSR count). The molecule has 3 aliphatic heterocycles. The number of likely N-dealkylation sites (tertiary alicyclic amines) is 1. The topological polar surface area (TPSA) is 54.4 Å². The quantitative estimate of drug-likeness (QED) is 0.667. The summed E-state index contributed by atoms with van der Waals surface area (Å²) < 4.78 is 5.53. The van der Waals surface area contributed by atoms with Gasteiger partial charge >= 0.3 is 6.03 Å². The van der Waals surface area contributed by atoms with Crippen molar-refractivity contribution in [3.05, 3.63) is 34.9 Å². The van der Waals surface area contributed by atoms with Gasteiger partial charge in [-0.05, 0) is 24.6 Å². The van der Waals surface area contributed by atoms with Gasteiger partial charge in [-0.15, -0.1) is 0 Å². The molecule has 0 bridgehead atoms. The van der Waals surface area contributed by atoms with Crippen molar-refractivity contribution in [2.24, 2.45) is 11.1 Å². The Balaban J connectivity index is 1.50. The summed E-state index contributed by atoms with van der Waals surface area (Å²) in [6, 6.07) is 7.00. The average Bonchev–Trinajstić information content (AvgIpc) is 3.23. The second-order valence-corrected chi connectivity index (χ2v) is 6.68. The lowest BCUT2D eigenvalue weighted by atomic mass is 10.1. The minimum atomic E-state index is -0.290. The summed E-state index contributed by atoms with van der Waals surface area (Å²) in [4.78, 5) is 21.9. The molecule has 7 heteroatoms. The predicted octanol–water partition coefficient (Wildman–Crippen LogP) is 2.18. The first-order valence-corrected chi connectivity index (χ1v) is 8.71. The third-order valence-corrected chi connectivity index (χ3v) is 4.86. The summed E-state index contributed by atoms with van der Waals surface area (Å²) in [6.07, 6.45) is 2.38. The average molecular weight is 360 g/mol. The molecule has 3 heterocycles. The maximum absolute atomic E-state index is 13.0. The molecule has 0 radical (unpaired) electrons. The molecule has 0 aliphatic carbocycles. The number of hydrogen-bond acceptors (Lipinski definition) is 4. The number of hydrogen-bond donors (Lipinski definition) is 0. The molecule has 6 nitrogen and oxygen atoms in total. The number of carbonyl (C=O) groups excluding carboxylic acids is 1. The van der Waals surface area contributed by atoms with Crippen molar-refractivity contribution in [1.29, 1.82) is 0 Å². The lowest BCUT2D eigenvalue weighted by Gasteiger charge is -2.36. The van der Waals surface area contributed by atoms with Gasteiger partial charge in [0.05, 0.1) is 25.3 Å². The number of fused-ring (bicyclic) bond motifs is 1. The van der Waals surface area contributed by atoms with Gasteiger partial charge in [-0.1, -0.05) is 34.7 Å². The lowest BCUT2D eigenvalue weighted by molar-refractivity contribution is -0.0282. The minimum Gasteiger partial charge on any atom is -0.376 e. The zero-order valence-electron chi connectivity index (χ0n) is 13.6. The number of morpholine rings is 1. The Morgan fingerprint density at radius 3 is 3.12 bits per heavy atom. The first-order valence-electron chi connectivity index (χ1n) is 8.34. The van der Waals surface area contributed by atoms with Crippen LogP contribution in [0.2, 0.25) is 5.02 Å². The van der Waals surface area contributed by atoms with Crippen LogP contribution >= 0.6 is 11.6 Å². The van der Waals surface area contributed by atoms with Crippen molar-refractivity contribution in [1.82, 2.24) is 9.80 Å². The molecular formula is C18H18ClN3O3. The number of carbonyl (C=O) groups is 1. The summed E-state index contributed by atoms with van der Waals surface area (Å²) in [5.74, 6) is 6.44. The maximum atomic E-state index is 13.0. The van der Waals surface area contributed by atoms with E-state index in [9.17, 15) is 4.79 Å². The van der Waals surface area contributed by atoms with Crippen LogP contribution in [0.1, 0.15) is 12.0 Å². The van der Waals surface area contributed by atoms with E-state index in [0.717, 1.165) is 12.0 Å². The van der Waals surface area contributed by atoms with Gasteiger partial charge in [0, 0.05) is 23.7 Å². The van der Waals surface area contributed by atoms with Gasteiger partial charge in [-0.3, -0.25) is 4.90 Å². The fraction of sp³-hybridized carbons (Fsp3) is 0.444. The number of halogens is 1. The first-order chi connectivity index (χ1) is 12.2. The highest BCUT2D eigenvalue weighted by Crippen LogP contribution is 2.29. The number of oxime groups is 1. The van der Waals surface area contributed by atoms with Crippen molar-refractivity contribution < 1.29 is 14.4 Å². The van der Waals surface area contributed by atoms with Crippen LogP contribution < -0.4 is 0 Å². The van der Waals surface area contributed by atoms with Crippen LogP contribution in [0.4, 0.5) is 4.79 Å². The Hall–Kier alpha value is -2.23. The third kappa shape index (κ3) is 3.30. The van der Waals surface area contributed by atoms with E-state index in [2.05, 4.69) is 17.0 Å². The predicted molar refractivity (Wildman–Crippen MR) is 93.2 cm³/mol. The van der Waals surface area contributed by atoms with Crippen molar-refractivity contribution in [2.45, 2.75) is 18.7 Å². The monoisotopic (exact) mass is 359 g/mol. The molecule has 0 N–H and O–H groups in total. The van der Waals surface area contributed by atoms with E-state index in [0.29, 0.717) is 31.3 Å². The Kier molecular flexibility index (Phi) is 4.51. The van der Waals surface area contributed by atoms with E-state index in [4.69, 9.17) is 21.2 Å². The second-order valence-electron chi connectivity index (χ2n) is 6.24. The van der Waals surface area contributed by atoms with E-state index in [1.807, 2.05) is 12.1 Å². The van der Waals surface area contributed by atoms with E-state index >= 15 is 0 Å². The summed E-state index contributed by atoms with van der Waals surface area (Å²) in [6.45, 7) is 2.10. The molecule has 130 valence electrons. The van der Waals surface area contributed by atoms with Crippen LogP contribution in [0.5, 0.6) is 0 Å². The SMILES string of the molecule is O=C(N1CCOCC1C#Cc1cccc(Cl)c1)N1CCC2C=NOC21. The highest BCUT2D eigenvalue weighted by Gasteiger charge is 2.43. The second kappa shape index (κ2) is 6.95. The van der Waals surface area contributed by atoms with Crippen LogP contribution in [-0.4, -0.2) is 60.6 Å². The summed E-state index contributed by atoms with van der Waals surface area (Å²) in [7, 11) is 0. The van der Waals surface area contributed by atoms with E-state index in [-0.39, 0.29) is 24.2 Å². The highest BCUT2D eigenvalue weighted by molar-refractivity contribution is 6.30. The largest absolute Gasteiger partial charge is 0.376 e. The molecule has 2 saturated heterocycles. The zero-order chi connectivity index (χ0) is 17.2. The van der Waals surface area contributed by atoms with Gasteiger partial charge in [0.2, 0.25) is 6.23 Å². The lowest BCUT2D eigenvalue weighted by Crippen LogP contribution is -2.54. The number of ether oxygens (including phenoxy) is 1. The molecule has 1 aromatic carbocycles. The molecule has 2 fully saturated rings. The number of amides is 2. The minimum absolute atomic E-state index is 0.0632. The summed E-state index contributed by atoms with van der Waals surface area (Å²) >= 11 is 5.99. The van der Waals surface area contributed by atoms with E-state index in [1.165, 1.54) is 0 Å². The van der Waals surface area contributed by atoms with Crippen LogP contribution in [0.3, 0.4) is 0 Å². The summed E-state index contributed by atoms with van der Waals surface area (Å²) in [5, 5.41) is 4.49. The normalized spacial score (nSPS) is 27.5. The molecule has 3 aliphatic rings. The molecule has 2 amide bonds. The maximum Gasteiger partial charge on any atom is 0.324 e. The van der Waals surface area contributed by atoms with E-state index < -0.39 is 0 Å². The molecule has 25 heavy (non-hydrogen) atoms. The molecule has 1 aromatic rings. The zero-order valence-corrected chi connectivity index (χ0v) is 14.4. The Morgan fingerprint density at radius 1 is 1.32 bits per heavy atom. The molecular weight excluding hydrogens is 342 g/mol. The van der Waals surface area contributed by atoms with Gasteiger partial charge < -0.3 is 14.5 Å². The van der Waals surface area contributed by atoms with Gasteiger partial charge in [-0.25, -0.2) is 4.79 Å².